The standard InChI is InChI=1S/C24H29N3O3S.ClH/c1-27-14-5-6-20(27)13-15-28-22-11-9-19(10-12-22)24-25-23(30-26-24)18-31-17-16-29-21-7-3-2-4-8-21;/h2-4,7-12,20H,5-6,13-18H2,1H3;1H. The van der Waals surface area contributed by atoms with E-state index < -0.39 is 0 Å². The molecule has 0 aliphatic carbocycles. The van der Waals surface area contributed by atoms with Crippen molar-refractivity contribution in [3.05, 3.63) is 60.5 Å². The molecule has 1 aliphatic rings. The average molecular weight is 476 g/mol. The molecule has 1 aromatic heterocycles. The van der Waals surface area contributed by atoms with Gasteiger partial charge < -0.3 is 18.9 Å². The third-order valence-electron chi connectivity index (χ3n) is 5.44. The molecule has 2 heterocycles. The zero-order valence-electron chi connectivity index (χ0n) is 18.3. The summed E-state index contributed by atoms with van der Waals surface area (Å²) in [6.07, 6.45) is 3.64. The van der Waals surface area contributed by atoms with Gasteiger partial charge in [-0.2, -0.15) is 4.98 Å². The summed E-state index contributed by atoms with van der Waals surface area (Å²) >= 11 is 1.71. The van der Waals surface area contributed by atoms with E-state index in [-0.39, 0.29) is 12.4 Å². The molecule has 32 heavy (non-hydrogen) atoms. The predicted octanol–water partition coefficient (Wildman–Crippen LogP) is 5.33. The quantitative estimate of drug-likeness (QED) is 0.347. The lowest BCUT2D eigenvalue weighted by Gasteiger charge is -2.19. The molecule has 0 spiro atoms. The zero-order chi connectivity index (χ0) is 21.3. The fourth-order valence-corrected chi connectivity index (χ4v) is 4.32. The number of benzene rings is 2. The molecule has 0 radical (unpaired) electrons. The molecule has 1 fully saturated rings. The maximum absolute atomic E-state index is 5.91. The monoisotopic (exact) mass is 475 g/mol. The summed E-state index contributed by atoms with van der Waals surface area (Å²) in [6.45, 7) is 2.59. The van der Waals surface area contributed by atoms with Crippen molar-refractivity contribution in [3.63, 3.8) is 0 Å². The van der Waals surface area contributed by atoms with Crippen LogP contribution < -0.4 is 9.47 Å². The van der Waals surface area contributed by atoms with Gasteiger partial charge in [0.2, 0.25) is 11.7 Å². The Labute approximate surface area is 200 Å². The van der Waals surface area contributed by atoms with Gasteiger partial charge in [0.25, 0.3) is 0 Å². The van der Waals surface area contributed by atoms with Crippen LogP contribution >= 0.6 is 24.2 Å². The summed E-state index contributed by atoms with van der Waals surface area (Å²) in [5.74, 6) is 4.52. The number of ether oxygens (including phenoxy) is 2. The Bertz CT molecular complexity index is 924. The van der Waals surface area contributed by atoms with Gasteiger partial charge in [-0.25, -0.2) is 0 Å². The van der Waals surface area contributed by atoms with Gasteiger partial charge in [-0.3, -0.25) is 0 Å². The summed E-state index contributed by atoms with van der Waals surface area (Å²) < 4.78 is 17.0. The van der Waals surface area contributed by atoms with Gasteiger partial charge in [0.15, 0.2) is 0 Å². The SMILES string of the molecule is CN1CCCC1CCOc1ccc(-c2noc(CSCCOc3ccccc3)n2)cc1.Cl. The molecule has 3 aromatic rings. The maximum atomic E-state index is 5.91. The van der Waals surface area contributed by atoms with E-state index in [0.717, 1.165) is 35.8 Å². The molecule has 1 aliphatic heterocycles. The van der Waals surface area contributed by atoms with Crippen molar-refractivity contribution in [2.75, 3.05) is 32.6 Å². The highest BCUT2D eigenvalue weighted by Gasteiger charge is 2.20. The molecule has 6 nitrogen and oxygen atoms in total. The molecule has 0 bridgehead atoms. The lowest BCUT2D eigenvalue weighted by Crippen LogP contribution is -2.26. The van der Waals surface area contributed by atoms with Crippen LogP contribution in [0.5, 0.6) is 11.5 Å². The second kappa shape index (κ2) is 12.7. The average Bonchev–Trinajstić information content (AvgIpc) is 3.44. The first-order valence-corrected chi connectivity index (χ1v) is 11.9. The van der Waals surface area contributed by atoms with Gasteiger partial charge in [0.1, 0.15) is 11.5 Å². The molecule has 1 saturated heterocycles. The molecular weight excluding hydrogens is 446 g/mol. The molecule has 4 rings (SSSR count). The molecule has 1 unspecified atom stereocenters. The van der Waals surface area contributed by atoms with Crippen LogP contribution in [0.3, 0.4) is 0 Å². The molecule has 0 N–H and O–H groups in total. The van der Waals surface area contributed by atoms with Crippen LogP contribution in [0.25, 0.3) is 11.4 Å². The van der Waals surface area contributed by atoms with Crippen molar-refractivity contribution in [1.82, 2.24) is 15.0 Å². The molecule has 172 valence electrons. The van der Waals surface area contributed by atoms with Crippen molar-refractivity contribution in [2.24, 2.45) is 0 Å². The predicted molar refractivity (Wildman–Crippen MR) is 131 cm³/mol. The molecule has 1 atom stereocenters. The number of hydrogen-bond acceptors (Lipinski definition) is 7. The fraction of sp³-hybridized carbons (Fsp3) is 0.417. The van der Waals surface area contributed by atoms with Crippen molar-refractivity contribution >= 4 is 24.2 Å². The van der Waals surface area contributed by atoms with Crippen molar-refractivity contribution in [2.45, 2.75) is 31.1 Å². The highest BCUT2D eigenvalue weighted by Crippen LogP contribution is 2.23. The Hall–Kier alpha value is -2.22. The number of nitrogens with zero attached hydrogens (tertiary/aromatic N) is 3. The minimum atomic E-state index is 0. The number of rotatable bonds is 11. The van der Waals surface area contributed by atoms with Crippen molar-refractivity contribution in [3.8, 4) is 22.9 Å². The van der Waals surface area contributed by atoms with E-state index in [1.54, 1.807) is 11.8 Å². The van der Waals surface area contributed by atoms with Gasteiger partial charge in [-0.05, 0) is 69.3 Å². The molecule has 2 aromatic carbocycles. The summed E-state index contributed by atoms with van der Waals surface area (Å²) in [5, 5.41) is 4.11. The van der Waals surface area contributed by atoms with E-state index in [1.807, 2.05) is 54.6 Å². The smallest absolute Gasteiger partial charge is 0.236 e. The second-order valence-corrected chi connectivity index (χ2v) is 8.77. The fourth-order valence-electron chi connectivity index (χ4n) is 3.68. The van der Waals surface area contributed by atoms with Gasteiger partial charge in [0, 0.05) is 17.4 Å². The second-order valence-electron chi connectivity index (χ2n) is 7.66. The lowest BCUT2D eigenvalue weighted by molar-refractivity contribution is 0.233. The number of halogens is 1. The normalized spacial score (nSPS) is 16.0. The zero-order valence-corrected chi connectivity index (χ0v) is 19.9. The Balaban J connectivity index is 0.00000289. The Morgan fingerprint density at radius 1 is 1.03 bits per heavy atom. The van der Waals surface area contributed by atoms with Crippen molar-refractivity contribution in [1.29, 1.82) is 0 Å². The Kier molecular flexibility index (Phi) is 9.71. The highest BCUT2D eigenvalue weighted by molar-refractivity contribution is 7.98. The Morgan fingerprint density at radius 2 is 1.78 bits per heavy atom. The molecular formula is C24H30ClN3O3S. The number of thioether (sulfide) groups is 1. The first-order valence-electron chi connectivity index (χ1n) is 10.8. The van der Waals surface area contributed by atoms with Crippen LogP contribution in [-0.4, -0.2) is 53.6 Å². The number of likely N-dealkylation sites (tertiary alicyclic amines) is 1. The van der Waals surface area contributed by atoms with E-state index in [1.165, 1.54) is 19.4 Å². The van der Waals surface area contributed by atoms with Crippen LogP contribution in [0.1, 0.15) is 25.2 Å². The highest BCUT2D eigenvalue weighted by atomic mass is 35.5. The largest absolute Gasteiger partial charge is 0.494 e. The van der Waals surface area contributed by atoms with Gasteiger partial charge in [-0.1, -0.05) is 23.4 Å². The van der Waals surface area contributed by atoms with Crippen LogP contribution in [0.4, 0.5) is 0 Å². The van der Waals surface area contributed by atoms with E-state index in [4.69, 9.17) is 14.0 Å². The van der Waals surface area contributed by atoms with Gasteiger partial charge in [0.05, 0.1) is 19.0 Å². The first-order chi connectivity index (χ1) is 15.3. The number of hydrogen-bond donors (Lipinski definition) is 0. The summed E-state index contributed by atoms with van der Waals surface area (Å²) in [4.78, 5) is 6.93. The first kappa shape index (κ1) is 24.4. The van der Waals surface area contributed by atoms with E-state index in [0.29, 0.717) is 30.1 Å². The maximum Gasteiger partial charge on any atom is 0.236 e. The molecule has 0 amide bonds. The third kappa shape index (κ3) is 7.15. The van der Waals surface area contributed by atoms with E-state index >= 15 is 0 Å². The number of aromatic nitrogens is 2. The lowest BCUT2D eigenvalue weighted by atomic mass is 10.1. The third-order valence-corrected chi connectivity index (χ3v) is 6.34. The minimum absolute atomic E-state index is 0. The molecule has 8 heteroatoms. The van der Waals surface area contributed by atoms with Gasteiger partial charge >= 0.3 is 0 Å². The van der Waals surface area contributed by atoms with Crippen LogP contribution in [-0.2, 0) is 5.75 Å². The Morgan fingerprint density at radius 3 is 2.53 bits per heavy atom. The van der Waals surface area contributed by atoms with Crippen LogP contribution in [0.15, 0.2) is 59.1 Å². The van der Waals surface area contributed by atoms with Crippen molar-refractivity contribution < 1.29 is 14.0 Å². The van der Waals surface area contributed by atoms with E-state index in [9.17, 15) is 0 Å². The van der Waals surface area contributed by atoms with Gasteiger partial charge in [-0.15, -0.1) is 24.2 Å². The minimum Gasteiger partial charge on any atom is -0.494 e. The summed E-state index contributed by atoms with van der Waals surface area (Å²) in [5.41, 5.74) is 0.926. The topological polar surface area (TPSA) is 60.6 Å². The molecule has 0 saturated carbocycles. The van der Waals surface area contributed by atoms with Crippen LogP contribution in [0, 0.1) is 0 Å². The van der Waals surface area contributed by atoms with Crippen LogP contribution in [0.2, 0.25) is 0 Å². The van der Waals surface area contributed by atoms with E-state index in [2.05, 4.69) is 22.1 Å². The number of para-hydroxylation sites is 1. The summed E-state index contributed by atoms with van der Waals surface area (Å²) in [6, 6.07) is 18.4. The summed E-state index contributed by atoms with van der Waals surface area (Å²) in [7, 11) is 2.20.